The average Bonchev–Trinajstić information content (AvgIpc) is 2.73. The van der Waals surface area contributed by atoms with Crippen LogP contribution in [0.2, 0.25) is 5.02 Å². The molecule has 0 bridgehead atoms. The molecule has 0 fully saturated rings. The molecule has 0 atom stereocenters. The molecule has 1 amide bonds. The lowest BCUT2D eigenvalue weighted by molar-refractivity contribution is -0.118. The van der Waals surface area contributed by atoms with Gasteiger partial charge in [0, 0.05) is 9.50 Å². The Bertz CT molecular complexity index is 1210. The fraction of sp³-hybridized carbons (Fsp3) is 0.136. The SMILES string of the molecule is CS(=O)(=O)N(Cc1ccc(Cl)cc1)c1ccc(OCC(=O)Nc2ccc(Br)cc2F)cc1. The van der Waals surface area contributed by atoms with Crippen LogP contribution in [0, 0.1) is 5.82 Å². The molecule has 10 heteroatoms. The number of benzene rings is 3. The minimum Gasteiger partial charge on any atom is -0.484 e. The van der Waals surface area contributed by atoms with E-state index in [4.69, 9.17) is 16.3 Å². The Balaban J connectivity index is 1.64. The molecule has 32 heavy (non-hydrogen) atoms. The molecule has 3 aromatic rings. The van der Waals surface area contributed by atoms with Crippen LogP contribution in [0.15, 0.2) is 71.2 Å². The zero-order valence-corrected chi connectivity index (χ0v) is 20.0. The lowest BCUT2D eigenvalue weighted by atomic mass is 10.2. The van der Waals surface area contributed by atoms with Gasteiger partial charge in [0.25, 0.3) is 5.91 Å². The fourth-order valence-corrected chi connectivity index (χ4v) is 4.14. The number of nitrogens with one attached hydrogen (secondary N) is 1. The molecule has 1 N–H and O–H groups in total. The van der Waals surface area contributed by atoms with Crippen molar-refractivity contribution in [3.05, 3.63) is 87.6 Å². The summed E-state index contributed by atoms with van der Waals surface area (Å²) in [5, 5.41) is 2.99. The van der Waals surface area contributed by atoms with E-state index in [1.807, 2.05) is 0 Å². The van der Waals surface area contributed by atoms with Crippen molar-refractivity contribution in [1.29, 1.82) is 0 Å². The molecule has 0 aliphatic rings. The van der Waals surface area contributed by atoms with Crippen molar-refractivity contribution < 1.29 is 22.3 Å². The molecule has 0 saturated heterocycles. The molecule has 0 spiro atoms. The normalized spacial score (nSPS) is 11.1. The first-order valence-corrected chi connectivity index (χ1v) is 12.3. The monoisotopic (exact) mass is 540 g/mol. The molecule has 0 aromatic heterocycles. The van der Waals surface area contributed by atoms with Crippen LogP contribution in [0.4, 0.5) is 15.8 Å². The van der Waals surface area contributed by atoms with Crippen LogP contribution in [0.5, 0.6) is 5.75 Å². The standard InChI is InChI=1S/C22H19BrClFN2O4S/c1-32(29,30)27(13-15-2-5-17(24)6-3-15)18-7-9-19(10-8-18)31-14-22(28)26-21-11-4-16(23)12-20(21)25/h2-12H,13-14H2,1H3,(H,26,28). The van der Waals surface area contributed by atoms with Crippen LogP contribution < -0.4 is 14.4 Å². The van der Waals surface area contributed by atoms with Gasteiger partial charge < -0.3 is 10.1 Å². The zero-order chi connectivity index (χ0) is 23.3. The van der Waals surface area contributed by atoms with Crippen LogP contribution in [0.25, 0.3) is 0 Å². The molecular weight excluding hydrogens is 523 g/mol. The highest BCUT2D eigenvalue weighted by atomic mass is 79.9. The summed E-state index contributed by atoms with van der Waals surface area (Å²) >= 11 is 9.04. The van der Waals surface area contributed by atoms with Gasteiger partial charge in [0.2, 0.25) is 10.0 Å². The maximum absolute atomic E-state index is 13.8. The highest BCUT2D eigenvalue weighted by Crippen LogP contribution is 2.24. The van der Waals surface area contributed by atoms with E-state index in [1.54, 1.807) is 54.6 Å². The molecule has 0 radical (unpaired) electrons. The fourth-order valence-electron chi connectivity index (χ4n) is 2.79. The Kier molecular flexibility index (Phi) is 7.76. The predicted octanol–water partition coefficient (Wildman–Crippen LogP) is 5.23. The molecule has 0 saturated carbocycles. The topological polar surface area (TPSA) is 75.7 Å². The average molecular weight is 542 g/mol. The molecule has 0 unspecified atom stereocenters. The summed E-state index contributed by atoms with van der Waals surface area (Å²) in [7, 11) is -3.55. The van der Waals surface area contributed by atoms with E-state index in [-0.39, 0.29) is 18.8 Å². The summed E-state index contributed by atoms with van der Waals surface area (Å²) in [5.74, 6) is -0.741. The summed E-state index contributed by atoms with van der Waals surface area (Å²) in [4.78, 5) is 12.0. The number of rotatable bonds is 8. The maximum Gasteiger partial charge on any atom is 0.262 e. The Hall–Kier alpha value is -2.62. The van der Waals surface area contributed by atoms with Gasteiger partial charge in [-0.25, -0.2) is 12.8 Å². The minimum absolute atomic E-state index is 0.0446. The van der Waals surface area contributed by atoms with E-state index in [9.17, 15) is 17.6 Å². The van der Waals surface area contributed by atoms with Crippen LogP contribution in [0.1, 0.15) is 5.56 Å². The molecule has 0 aliphatic carbocycles. The molecule has 0 heterocycles. The van der Waals surface area contributed by atoms with Crippen molar-refractivity contribution in [2.75, 3.05) is 22.5 Å². The van der Waals surface area contributed by atoms with Crippen molar-refractivity contribution in [2.24, 2.45) is 0 Å². The lowest BCUT2D eigenvalue weighted by Crippen LogP contribution is -2.29. The van der Waals surface area contributed by atoms with Crippen molar-refractivity contribution >= 4 is 54.8 Å². The third-order valence-electron chi connectivity index (χ3n) is 4.34. The van der Waals surface area contributed by atoms with Crippen LogP contribution >= 0.6 is 27.5 Å². The number of halogens is 3. The van der Waals surface area contributed by atoms with Gasteiger partial charge in [0.15, 0.2) is 6.61 Å². The van der Waals surface area contributed by atoms with Crippen molar-refractivity contribution in [1.82, 2.24) is 0 Å². The smallest absolute Gasteiger partial charge is 0.262 e. The Morgan fingerprint density at radius 3 is 2.34 bits per heavy atom. The third kappa shape index (κ3) is 6.69. The summed E-state index contributed by atoms with van der Waals surface area (Å²) in [6, 6.07) is 17.5. The number of carbonyl (C=O) groups is 1. The summed E-state index contributed by atoms with van der Waals surface area (Å²) in [5.41, 5.74) is 1.26. The predicted molar refractivity (Wildman–Crippen MR) is 127 cm³/mol. The lowest BCUT2D eigenvalue weighted by Gasteiger charge is -2.23. The largest absolute Gasteiger partial charge is 0.484 e. The second-order valence-electron chi connectivity index (χ2n) is 6.85. The van der Waals surface area contributed by atoms with Gasteiger partial charge in [-0.2, -0.15) is 0 Å². The first-order valence-electron chi connectivity index (χ1n) is 9.32. The highest BCUT2D eigenvalue weighted by molar-refractivity contribution is 9.10. The minimum atomic E-state index is -3.55. The number of ether oxygens (including phenoxy) is 1. The molecule has 168 valence electrons. The van der Waals surface area contributed by atoms with Gasteiger partial charge in [-0.1, -0.05) is 39.7 Å². The van der Waals surface area contributed by atoms with Crippen LogP contribution in [-0.2, 0) is 21.4 Å². The number of amides is 1. The van der Waals surface area contributed by atoms with Crippen molar-refractivity contribution in [3.63, 3.8) is 0 Å². The van der Waals surface area contributed by atoms with Gasteiger partial charge >= 0.3 is 0 Å². The first kappa shape index (κ1) is 24.0. The Morgan fingerprint density at radius 2 is 1.75 bits per heavy atom. The molecule has 3 rings (SSSR count). The zero-order valence-electron chi connectivity index (χ0n) is 16.9. The van der Waals surface area contributed by atoms with Gasteiger partial charge in [-0.15, -0.1) is 0 Å². The van der Waals surface area contributed by atoms with Gasteiger partial charge in [0.05, 0.1) is 24.2 Å². The quantitative estimate of drug-likeness (QED) is 0.424. The second-order valence-corrected chi connectivity index (χ2v) is 10.1. The van der Waals surface area contributed by atoms with E-state index in [0.29, 0.717) is 20.9 Å². The van der Waals surface area contributed by atoms with E-state index < -0.39 is 21.7 Å². The van der Waals surface area contributed by atoms with Crippen molar-refractivity contribution in [2.45, 2.75) is 6.54 Å². The summed E-state index contributed by atoms with van der Waals surface area (Å²) in [6.45, 7) is -0.202. The molecule has 0 aliphatic heterocycles. The van der Waals surface area contributed by atoms with E-state index in [0.717, 1.165) is 11.8 Å². The van der Waals surface area contributed by atoms with E-state index in [1.165, 1.54) is 16.4 Å². The Labute approximate surface area is 199 Å². The molecule has 3 aromatic carbocycles. The number of carbonyl (C=O) groups excluding carboxylic acids is 1. The first-order chi connectivity index (χ1) is 15.1. The second kappa shape index (κ2) is 10.3. The Morgan fingerprint density at radius 1 is 1.09 bits per heavy atom. The maximum atomic E-state index is 13.8. The van der Waals surface area contributed by atoms with Gasteiger partial charge in [-0.3, -0.25) is 9.10 Å². The van der Waals surface area contributed by atoms with Crippen molar-refractivity contribution in [3.8, 4) is 5.75 Å². The third-order valence-corrected chi connectivity index (χ3v) is 6.23. The van der Waals surface area contributed by atoms with Crippen LogP contribution in [-0.4, -0.2) is 27.2 Å². The van der Waals surface area contributed by atoms with E-state index in [2.05, 4.69) is 21.2 Å². The van der Waals surface area contributed by atoms with E-state index >= 15 is 0 Å². The number of anilines is 2. The van der Waals surface area contributed by atoms with Crippen LogP contribution in [0.3, 0.4) is 0 Å². The highest BCUT2D eigenvalue weighted by Gasteiger charge is 2.18. The number of nitrogens with zero attached hydrogens (tertiary/aromatic N) is 1. The number of sulfonamides is 1. The summed E-state index contributed by atoms with van der Waals surface area (Å²) in [6.07, 6.45) is 1.12. The summed E-state index contributed by atoms with van der Waals surface area (Å²) < 4.78 is 45.7. The number of hydrogen-bond acceptors (Lipinski definition) is 4. The molecular formula is C22H19BrClFN2O4S. The van der Waals surface area contributed by atoms with Gasteiger partial charge in [-0.05, 0) is 60.2 Å². The molecule has 6 nitrogen and oxygen atoms in total. The number of hydrogen-bond donors (Lipinski definition) is 1. The van der Waals surface area contributed by atoms with Gasteiger partial charge in [0.1, 0.15) is 11.6 Å².